The Morgan fingerprint density at radius 2 is 2.00 bits per heavy atom. The van der Waals surface area contributed by atoms with Gasteiger partial charge in [-0.3, -0.25) is 4.79 Å². The number of allylic oxidation sites excluding steroid dienone is 1. The molecule has 3 rings (SSSR count). The predicted molar refractivity (Wildman–Crippen MR) is 109 cm³/mol. The number of hydrogen-bond donors (Lipinski definition) is 1. The second-order valence-corrected chi connectivity index (χ2v) is 6.56. The molecule has 2 aromatic carbocycles. The van der Waals surface area contributed by atoms with Gasteiger partial charge in [-0.25, -0.2) is 4.98 Å². The second kappa shape index (κ2) is 9.00. The Labute approximate surface area is 162 Å². The first-order valence-corrected chi connectivity index (χ1v) is 9.31. The highest BCUT2D eigenvalue weighted by molar-refractivity contribution is 7.13. The molecule has 138 valence electrons. The van der Waals surface area contributed by atoms with Gasteiger partial charge < -0.3 is 14.8 Å². The Hall–Kier alpha value is -3.12. The number of nitrogens with zero attached hydrogens (tertiary/aromatic N) is 1. The number of aromatic nitrogens is 1. The van der Waals surface area contributed by atoms with Crippen LogP contribution in [0.15, 0.2) is 60.1 Å². The van der Waals surface area contributed by atoms with Crippen LogP contribution in [-0.4, -0.2) is 24.6 Å². The first kappa shape index (κ1) is 18.7. The van der Waals surface area contributed by atoms with Crippen LogP contribution in [0.1, 0.15) is 12.5 Å². The van der Waals surface area contributed by atoms with Crippen LogP contribution < -0.4 is 14.8 Å². The largest absolute Gasteiger partial charge is 0.493 e. The van der Waals surface area contributed by atoms with Gasteiger partial charge >= 0.3 is 0 Å². The summed E-state index contributed by atoms with van der Waals surface area (Å²) < 4.78 is 10.9. The van der Waals surface area contributed by atoms with E-state index in [9.17, 15) is 4.79 Å². The van der Waals surface area contributed by atoms with E-state index in [1.807, 2.05) is 60.9 Å². The zero-order chi connectivity index (χ0) is 19.1. The molecule has 5 nitrogen and oxygen atoms in total. The molecule has 1 N–H and O–H groups in total. The lowest BCUT2D eigenvalue weighted by molar-refractivity contribution is -0.118. The van der Waals surface area contributed by atoms with Crippen LogP contribution in [0.3, 0.4) is 0 Å². The highest BCUT2D eigenvalue weighted by atomic mass is 32.1. The first-order chi connectivity index (χ1) is 13.2. The SMILES string of the molecule is C/C=C/c1ccc(OCC(=O)Nc2ccc(-c3nccs3)cc2)c(OC)c1. The third-order valence-electron chi connectivity index (χ3n) is 3.75. The molecule has 1 aromatic heterocycles. The van der Waals surface area contributed by atoms with Crippen molar-refractivity contribution < 1.29 is 14.3 Å². The number of rotatable bonds is 7. The molecule has 0 bridgehead atoms. The van der Waals surface area contributed by atoms with E-state index in [1.165, 1.54) is 0 Å². The minimum atomic E-state index is -0.239. The number of methoxy groups -OCH3 is 1. The lowest BCUT2D eigenvalue weighted by Gasteiger charge is -2.11. The van der Waals surface area contributed by atoms with Gasteiger partial charge in [-0.1, -0.05) is 18.2 Å². The Bertz CT molecular complexity index is 919. The molecule has 1 heterocycles. The molecule has 0 spiro atoms. The molecule has 3 aromatic rings. The summed E-state index contributed by atoms with van der Waals surface area (Å²) >= 11 is 1.57. The van der Waals surface area contributed by atoms with Crippen molar-refractivity contribution in [2.75, 3.05) is 19.0 Å². The Balaban J connectivity index is 1.58. The third-order valence-corrected chi connectivity index (χ3v) is 4.58. The van der Waals surface area contributed by atoms with Crippen molar-refractivity contribution in [3.05, 3.63) is 65.7 Å². The molecule has 1 amide bonds. The maximum atomic E-state index is 12.2. The highest BCUT2D eigenvalue weighted by Crippen LogP contribution is 2.28. The van der Waals surface area contributed by atoms with Gasteiger partial charge in [0.1, 0.15) is 5.01 Å². The van der Waals surface area contributed by atoms with Crippen molar-refractivity contribution in [2.24, 2.45) is 0 Å². The average molecular weight is 380 g/mol. The second-order valence-electron chi connectivity index (χ2n) is 5.66. The van der Waals surface area contributed by atoms with E-state index in [0.717, 1.165) is 16.1 Å². The minimum Gasteiger partial charge on any atom is -0.493 e. The monoisotopic (exact) mass is 380 g/mol. The van der Waals surface area contributed by atoms with Crippen LogP contribution in [0.2, 0.25) is 0 Å². The van der Waals surface area contributed by atoms with E-state index in [4.69, 9.17) is 9.47 Å². The van der Waals surface area contributed by atoms with Crippen LogP contribution in [0.25, 0.3) is 16.6 Å². The molecule has 0 atom stereocenters. The van der Waals surface area contributed by atoms with Crippen LogP contribution >= 0.6 is 11.3 Å². The normalized spacial score (nSPS) is 10.7. The minimum absolute atomic E-state index is 0.104. The quantitative estimate of drug-likeness (QED) is 0.635. The summed E-state index contributed by atoms with van der Waals surface area (Å²) in [5.41, 5.74) is 2.73. The van der Waals surface area contributed by atoms with Crippen LogP contribution in [0, 0.1) is 0 Å². The van der Waals surface area contributed by atoms with Crippen molar-refractivity contribution in [2.45, 2.75) is 6.92 Å². The molecule has 0 unspecified atom stereocenters. The van der Waals surface area contributed by atoms with Crippen molar-refractivity contribution in [3.8, 4) is 22.1 Å². The lowest BCUT2D eigenvalue weighted by Crippen LogP contribution is -2.20. The summed E-state index contributed by atoms with van der Waals surface area (Å²) in [5, 5.41) is 5.70. The Kier molecular flexibility index (Phi) is 6.22. The molecule has 0 aliphatic heterocycles. The fourth-order valence-corrected chi connectivity index (χ4v) is 3.15. The third kappa shape index (κ3) is 4.95. The van der Waals surface area contributed by atoms with Gasteiger partial charge in [-0.15, -0.1) is 11.3 Å². The molecule has 0 saturated carbocycles. The molecule has 6 heteroatoms. The van der Waals surface area contributed by atoms with Crippen molar-refractivity contribution >= 4 is 29.0 Å². The summed E-state index contributed by atoms with van der Waals surface area (Å²) in [6.45, 7) is 1.85. The number of benzene rings is 2. The Morgan fingerprint density at radius 1 is 1.19 bits per heavy atom. The number of thiazole rings is 1. The fourth-order valence-electron chi connectivity index (χ4n) is 2.50. The van der Waals surface area contributed by atoms with E-state index in [0.29, 0.717) is 17.2 Å². The van der Waals surface area contributed by atoms with E-state index in [2.05, 4.69) is 10.3 Å². The standard InChI is InChI=1S/C21H20N2O3S/c1-3-4-15-5-10-18(19(13-15)25-2)26-14-20(24)23-17-8-6-16(7-9-17)21-22-11-12-27-21/h3-13H,14H2,1-2H3,(H,23,24)/b4-3+. The topological polar surface area (TPSA) is 60.5 Å². The number of nitrogens with one attached hydrogen (secondary N) is 1. The number of carbonyl (C=O) groups is 1. The Morgan fingerprint density at radius 3 is 2.67 bits per heavy atom. The molecular weight excluding hydrogens is 360 g/mol. The number of carbonyl (C=O) groups excluding carboxylic acids is 1. The predicted octanol–water partition coefficient (Wildman–Crippen LogP) is 4.87. The molecule has 0 saturated heterocycles. The molecule has 0 aliphatic rings. The number of hydrogen-bond acceptors (Lipinski definition) is 5. The van der Waals surface area contributed by atoms with Gasteiger partial charge in [0.15, 0.2) is 18.1 Å². The van der Waals surface area contributed by atoms with Crippen LogP contribution in [-0.2, 0) is 4.79 Å². The molecule has 0 aliphatic carbocycles. The number of anilines is 1. The lowest BCUT2D eigenvalue weighted by atomic mass is 10.2. The van der Waals surface area contributed by atoms with Gasteiger partial charge in [-0.2, -0.15) is 0 Å². The number of amides is 1. The van der Waals surface area contributed by atoms with Gasteiger partial charge in [0.2, 0.25) is 0 Å². The van der Waals surface area contributed by atoms with Gasteiger partial charge in [0.25, 0.3) is 5.91 Å². The molecule has 27 heavy (non-hydrogen) atoms. The molecular formula is C21H20N2O3S. The van der Waals surface area contributed by atoms with E-state index in [1.54, 1.807) is 30.7 Å². The summed E-state index contributed by atoms with van der Waals surface area (Å²) in [5.74, 6) is 0.878. The molecule has 0 radical (unpaired) electrons. The van der Waals surface area contributed by atoms with Gasteiger partial charge in [0.05, 0.1) is 7.11 Å². The van der Waals surface area contributed by atoms with Crippen LogP contribution in [0.4, 0.5) is 5.69 Å². The van der Waals surface area contributed by atoms with E-state index < -0.39 is 0 Å². The smallest absolute Gasteiger partial charge is 0.262 e. The first-order valence-electron chi connectivity index (χ1n) is 8.43. The maximum absolute atomic E-state index is 12.2. The van der Waals surface area contributed by atoms with Crippen molar-refractivity contribution in [1.82, 2.24) is 4.98 Å². The van der Waals surface area contributed by atoms with Crippen molar-refractivity contribution in [1.29, 1.82) is 0 Å². The molecule has 0 fully saturated rings. The zero-order valence-electron chi connectivity index (χ0n) is 15.1. The van der Waals surface area contributed by atoms with E-state index >= 15 is 0 Å². The summed E-state index contributed by atoms with van der Waals surface area (Å²) in [6.07, 6.45) is 5.68. The maximum Gasteiger partial charge on any atom is 0.262 e. The summed E-state index contributed by atoms with van der Waals surface area (Å²) in [4.78, 5) is 16.4. The van der Waals surface area contributed by atoms with E-state index in [-0.39, 0.29) is 12.5 Å². The average Bonchev–Trinajstić information content (AvgIpc) is 3.22. The fraction of sp³-hybridized carbons (Fsp3) is 0.143. The highest BCUT2D eigenvalue weighted by Gasteiger charge is 2.09. The van der Waals surface area contributed by atoms with Crippen molar-refractivity contribution in [3.63, 3.8) is 0 Å². The summed E-state index contributed by atoms with van der Waals surface area (Å²) in [6, 6.07) is 13.1. The van der Waals surface area contributed by atoms with Gasteiger partial charge in [0, 0.05) is 22.8 Å². The summed E-state index contributed by atoms with van der Waals surface area (Å²) in [7, 11) is 1.58. The zero-order valence-corrected chi connectivity index (χ0v) is 16.0. The van der Waals surface area contributed by atoms with Gasteiger partial charge in [-0.05, 0) is 48.9 Å². The number of ether oxygens (including phenoxy) is 2. The van der Waals surface area contributed by atoms with Crippen LogP contribution in [0.5, 0.6) is 11.5 Å².